The van der Waals surface area contributed by atoms with Crippen LogP contribution < -0.4 is 15.8 Å². The summed E-state index contributed by atoms with van der Waals surface area (Å²) < 4.78 is 7.62. The van der Waals surface area contributed by atoms with Crippen molar-refractivity contribution in [2.75, 3.05) is 5.32 Å². The van der Waals surface area contributed by atoms with Gasteiger partial charge in [-0.2, -0.15) is 10.1 Å². The van der Waals surface area contributed by atoms with Crippen LogP contribution in [0.25, 0.3) is 22.2 Å². The first-order valence-corrected chi connectivity index (χ1v) is 9.94. The smallest absolute Gasteiger partial charge is 0.249 e. The van der Waals surface area contributed by atoms with E-state index in [1.165, 1.54) is 6.33 Å². The predicted molar refractivity (Wildman–Crippen MR) is 116 cm³/mol. The molecular weight excluding hydrogens is 410 g/mol. The number of carbonyl (C=O) groups is 2. The quantitative estimate of drug-likeness (QED) is 0.449. The fraction of sp³-hybridized carbons (Fsp3) is 0.182. The number of primary amides is 1. The molecule has 1 saturated carbocycles. The molecule has 0 unspecified atom stereocenters. The zero-order valence-electron chi connectivity index (χ0n) is 17.1. The summed E-state index contributed by atoms with van der Waals surface area (Å²) in [5.74, 6) is -0.147. The maximum atomic E-state index is 12.3. The van der Waals surface area contributed by atoms with Crippen molar-refractivity contribution in [3.05, 3.63) is 55.2 Å². The van der Waals surface area contributed by atoms with Gasteiger partial charge in [0.2, 0.25) is 17.7 Å². The number of pyridine rings is 1. The molecule has 2 amide bonds. The number of amides is 2. The normalized spacial score (nSPS) is 14.2. The van der Waals surface area contributed by atoms with Crippen LogP contribution in [0, 0.1) is 5.41 Å². The summed E-state index contributed by atoms with van der Waals surface area (Å²) in [5, 5.41) is 6.91. The number of rotatable bonds is 6. The molecule has 1 fully saturated rings. The summed E-state index contributed by atoms with van der Waals surface area (Å²) in [7, 11) is 1.85. The molecule has 1 aliphatic rings. The Morgan fingerprint density at radius 1 is 1.09 bits per heavy atom. The molecule has 3 N–H and O–H groups in total. The average molecular weight is 429 g/mol. The number of nitrogens with one attached hydrogen (secondary N) is 1. The lowest BCUT2D eigenvalue weighted by Gasteiger charge is -2.12. The first-order chi connectivity index (χ1) is 15.4. The number of anilines is 1. The number of aromatic nitrogens is 5. The average Bonchev–Trinajstić information content (AvgIpc) is 3.50. The van der Waals surface area contributed by atoms with Crippen molar-refractivity contribution in [3.63, 3.8) is 0 Å². The number of ether oxygens (including phenoxy) is 1. The van der Waals surface area contributed by atoms with Gasteiger partial charge in [-0.25, -0.2) is 9.97 Å². The molecule has 4 aromatic rings. The van der Waals surface area contributed by atoms with Crippen molar-refractivity contribution in [1.82, 2.24) is 24.7 Å². The van der Waals surface area contributed by atoms with Crippen LogP contribution in [0.1, 0.15) is 12.8 Å². The molecule has 3 aromatic heterocycles. The summed E-state index contributed by atoms with van der Waals surface area (Å²) in [6.07, 6.45) is 7.75. The van der Waals surface area contributed by atoms with E-state index in [1.807, 2.05) is 19.3 Å². The van der Waals surface area contributed by atoms with Gasteiger partial charge in [0.25, 0.3) is 0 Å². The molecule has 32 heavy (non-hydrogen) atoms. The standard InChI is InChI=1S/C22H19N7O3/c1-29-11-14(10-27-29)13-8-17-18(24-9-13)19(26-12-25-17)32-16-4-2-15(3-5-16)28-21(31)22(6-7-22)20(23)30/h2-5,8-12H,6-7H2,1H3,(H2,23,30)(H,28,31). The van der Waals surface area contributed by atoms with E-state index in [1.54, 1.807) is 41.3 Å². The second kappa shape index (κ2) is 7.41. The summed E-state index contributed by atoms with van der Waals surface area (Å²) in [5.41, 5.74) is 7.80. The van der Waals surface area contributed by atoms with E-state index in [0.29, 0.717) is 41.2 Å². The highest BCUT2D eigenvalue weighted by atomic mass is 16.5. The molecule has 0 bridgehead atoms. The lowest BCUT2D eigenvalue weighted by atomic mass is 10.1. The Labute approximate surface area is 182 Å². The maximum absolute atomic E-state index is 12.3. The van der Waals surface area contributed by atoms with Crippen molar-refractivity contribution < 1.29 is 14.3 Å². The Morgan fingerprint density at radius 2 is 1.88 bits per heavy atom. The van der Waals surface area contributed by atoms with Crippen LogP contribution in [-0.4, -0.2) is 36.5 Å². The Balaban J connectivity index is 1.34. The van der Waals surface area contributed by atoms with Gasteiger partial charge >= 0.3 is 0 Å². The molecular formula is C22H19N7O3. The van der Waals surface area contributed by atoms with E-state index < -0.39 is 11.3 Å². The van der Waals surface area contributed by atoms with Crippen molar-refractivity contribution >= 4 is 28.5 Å². The molecule has 0 atom stereocenters. The number of hydrogen-bond acceptors (Lipinski definition) is 7. The molecule has 1 aromatic carbocycles. The predicted octanol–water partition coefficient (Wildman–Crippen LogP) is 2.42. The fourth-order valence-corrected chi connectivity index (χ4v) is 3.40. The van der Waals surface area contributed by atoms with Gasteiger partial charge in [0.05, 0.1) is 11.7 Å². The molecule has 5 rings (SSSR count). The third-order valence-electron chi connectivity index (χ3n) is 5.46. The van der Waals surface area contributed by atoms with E-state index in [-0.39, 0.29) is 5.91 Å². The largest absolute Gasteiger partial charge is 0.437 e. The molecule has 3 heterocycles. The number of carbonyl (C=O) groups excluding carboxylic acids is 2. The minimum Gasteiger partial charge on any atom is -0.437 e. The number of fused-ring (bicyclic) bond motifs is 1. The van der Waals surface area contributed by atoms with Crippen LogP contribution in [0.15, 0.2) is 55.2 Å². The van der Waals surface area contributed by atoms with Crippen LogP contribution in [-0.2, 0) is 16.6 Å². The van der Waals surface area contributed by atoms with Gasteiger partial charge in [0.1, 0.15) is 17.5 Å². The van der Waals surface area contributed by atoms with Gasteiger partial charge in [0.15, 0.2) is 5.52 Å². The molecule has 0 radical (unpaired) electrons. The lowest BCUT2D eigenvalue weighted by Crippen LogP contribution is -2.36. The monoisotopic (exact) mass is 429 g/mol. The van der Waals surface area contributed by atoms with Gasteiger partial charge in [-0.1, -0.05) is 0 Å². The summed E-state index contributed by atoms with van der Waals surface area (Å²) >= 11 is 0. The van der Waals surface area contributed by atoms with Gasteiger partial charge in [-0.05, 0) is 43.2 Å². The topological polar surface area (TPSA) is 138 Å². The van der Waals surface area contributed by atoms with Gasteiger partial charge < -0.3 is 15.8 Å². The van der Waals surface area contributed by atoms with Gasteiger partial charge in [-0.3, -0.25) is 14.3 Å². The minimum atomic E-state index is -1.07. The molecule has 10 nitrogen and oxygen atoms in total. The number of nitrogens with two attached hydrogens (primary N) is 1. The van der Waals surface area contributed by atoms with Crippen LogP contribution in [0.3, 0.4) is 0 Å². The highest BCUT2D eigenvalue weighted by Gasteiger charge is 2.55. The SMILES string of the molecule is Cn1cc(-c2cnc3c(Oc4ccc(NC(=O)C5(C(N)=O)CC5)cc4)ncnc3c2)cn1. The summed E-state index contributed by atoms with van der Waals surface area (Å²) in [6.45, 7) is 0. The maximum Gasteiger partial charge on any atom is 0.249 e. The van der Waals surface area contributed by atoms with E-state index >= 15 is 0 Å². The second-order valence-electron chi connectivity index (χ2n) is 7.70. The highest BCUT2D eigenvalue weighted by Crippen LogP contribution is 2.46. The zero-order valence-corrected chi connectivity index (χ0v) is 17.1. The minimum absolute atomic E-state index is 0.315. The third kappa shape index (κ3) is 3.51. The summed E-state index contributed by atoms with van der Waals surface area (Å²) in [6, 6.07) is 8.65. The molecule has 160 valence electrons. The van der Waals surface area contributed by atoms with Crippen molar-refractivity contribution in [3.8, 4) is 22.8 Å². The number of benzene rings is 1. The molecule has 10 heteroatoms. The Morgan fingerprint density at radius 3 is 2.53 bits per heavy atom. The molecule has 1 aliphatic carbocycles. The lowest BCUT2D eigenvalue weighted by molar-refractivity contribution is -0.132. The molecule has 0 spiro atoms. The van der Waals surface area contributed by atoms with Crippen LogP contribution >= 0.6 is 0 Å². The van der Waals surface area contributed by atoms with E-state index in [2.05, 4.69) is 25.4 Å². The molecule has 0 saturated heterocycles. The fourth-order valence-electron chi connectivity index (χ4n) is 3.40. The van der Waals surface area contributed by atoms with Crippen LogP contribution in [0.4, 0.5) is 5.69 Å². The first-order valence-electron chi connectivity index (χ1n) is 9.94. The Bertz CT molecular complexity index is 1340. The van der Waals surface area contributed by atoms with Crippen molar-refractivity contribution in [2.45, 2.75) is 12.8 Å². The van der Waals surface area contributed by atoms with E-state index in [9.17, 15) is 9.59 Å². The van der Waals surface area contributed by atoms with Gasteiger partial charge in [0, 0.05) is 36.3 Å². The summed E-state index contributed by atoms with van der Waals surface area (Å²) in [4.78, 5) is 36.8. The number of hydrogen-bond donors (Lipinski definition) is 2. The zero-order chi connectivity index (χ0) is 22.3. The number of nitrogens with zero attached hydrogens (tertiary/aromatic N) is 5. The van der Waals surface area contributed by atoms with E-state index in [4.69, 9.17) is 10.5 Å². The number of aryl methyl sites for hydroxylation is 1. The van der Waals surface area contributed by atoms with E-state index in [0.717, 1.165) is 11.1 Å². The molecule has 0 aliphatic heterocycles. The Hall–Kier alpha value is -4.34. The van der Waals surface area contributed by atoms with Crippen molar-refractivity contribution in [2.24, 2.45) is 18.2 Å². The first kappa shape index (κ1) is 19.6. The van der Waals surface area contributed by atoms with Crippen LogP contribution in [0.2, 0.25) is 0 Å². The van der Waals surface area contributed by atoms with Crippen molar-refractivity contribution in [1.29, 1.82) is 0 Å². The van der Waals surface area contributed by atoms with Gasteiger partial charge in [-0.15, -0.1) is 0 Å². The third-order valence-corrected chi connectivity index (χ3v) is 5.46. The highest BCUT2D eigenvalue weighted by molar-refractivity contribution is 6.12. The second-order valence-corrected chi connectivity index (χ2v) is 7.70. The van der Waals surface area contributed by atoms with Crippen LogP contribution in [0.5, 0.6) is 11.6 Å². The Kier molecular flexibility index (Phi) is 4.54.